The number of hydrogen-bond donors (Lipinski definition) is 2. The molecule has 3 unspecified atom stereocenters. The first kappa shape index (κ1) is 12.8. The van der Waals surface area contributed by atoms with E-state index in [4.69, 9.17) is 0 Å². The van der Waals surface area contributed by atoms with Crippen LogP contribution >= 0.6 is 0 Å². The molecule has 3 atom stereocenters. The molecule has 5 heteroatoms. The zero-order valence-electron chi connectivity index (χ0n) is 12.2. The topological polar surface area (TPSA) is 61.0 Å². The van der Waals surface area contributed by atoms with Gasteiger partial charge in [0, 0.05) is 36.6 Å². The third-order valence-electron chi connectivity index (χ3n) is 5.09. The van der Waals surface area contributed by atoms with Gasteiger partial charge < -0.3 is 10.2 Å². The monoisotopic (exact) mass is 284 g/mol. The number of aromatic nitrogens is 2. The van der Waals surface area contributed by atoms with Gasteiger partial charge in [-0.3, -0.25) is 9.89 Å². The predicted octanol–water partition coefficient (Wildman–Crippen LogP) is 1.63. The number of likely N-dealkylation sites (tertiary alicyclic amines) is 1. The van der Waals surface area contributed by atoms with Gasteiger partial charge in [-0.25, -0.2) is 0 Å². The van der Waals surface area contributed by atoms with Crippen molar-refractivity contribution in [1.82, 2.24) is 20.4 Å². The number of carbonyl (C=O) groups excluding carboxylic acids is 1. The van der Waals surface area contributed by atoms with Crippen LogP contribution < -0.4 is 5.32 Å². The van der Waals surface area contributed by atoms with Crippen molar-refractivity contribution < 1.29 is 4.79 Å². The van der Waals surface area contributed by atoms with Gasteiger partial charge in [0.25, 0.3) is 5.91 Å². The Hall–Kier alpha value is -1.88. The number of carbonyl (C=O) groups is 1. The molecule has 1 amide bonds. The second-order valence-corrected chi connectivity index (χ2v) is 6.19. The first-order chi connectivity index (χ1) is 10.3. The Bertz CT molecular complexity index is 680. The van der Waals surface area contributed by atoms with Crippen LogP contribution in [0.3, 0.4) is 0 Å². The number of benzene rings is 1. The maximum atomic E-state index is 12.9. The first-order valence-electron chi connectivity index (χ1n) is 7.72. The average Bonchev–Trinajstić information content (AvgIpc) is 3.20. The molecule has 110 valence electrons. The minimum absolute atomic E-state index is 0.160. The van der Waals surface area contributed by atoms with Crippen LogP contribution in [0.1, 0.15) is 23.7 Å². The van der Waals surface area contributed by atoms with E-state index < -0.39 is 0 Å². The van der Waals surface area contributed by atoms with Crippen molar-refractivity contribution in [2.45, 2.75) is 19.4 Å². The van der Waals surface area contributed by atoms with Gasteiger partial charge in [0.1, 0.15) is 0 Å². The van der Waals surface area contributed by atoms with Crippen molar-refractivity contribution in [2.24, 2.45) is 11.8 Å². The molecule has 2 fully saturated rings. The zero-order valence-corrected chi connectivity index (χ0v) is 12.2. The minimum atomic E-state index is 0.160. The summed E-state index contributed by atoms with van der Waals surface area (Å²) in [6.07, 6.45) is 2.81. The summed E-state index contributed by atoms with van der Waals surface area (Å²) in [4.78, 5) is 15.0. The Balaban J connectivity index is 1.64. The van der Waals surface area contributed by atoms with Crippen LogP contribution in [0, 0.1) is 11.8 Å². The summed E-state index contributed by atoms with van der Waals surface area (Å²) >= 11 is 0. The number of H-pyrrole nitrogens is 1. The van der Waals surface area contributed by atoms with E-state index in [0.29, 0.717) is 17.9 Å². The smallest absolute Gasteiger partial charge is 0.254 e. The summed E-state index contributed by atoms with van der Waals surface area (Å²) in [6.45, 7) is 5.16. The SMILES string of the molecule is CCC1C2CNCC2CN1C(=O)c1ccc2cn[nH]c2c1. The van der Waals surface area contributed by atoms with Gasteiger partial charge in [-0.15, -0.1) is 0 Å². The van der Waals surface area contributed by atoms with E-state index in [1.807, 2.05) is 18.2 Å². The van der Waals surface area contributed by atoms with E-state index in [9.17, 15) is 4.79 Å². The highest BCUT2D eigenvalue weighted by molar-refractivity contribution is 5.98. The highest BCUT2D eigenvalue weighted by Crippen LogP contribution is 2.35. The number of rotatable bonds is 2. The third-order valence-corrected chi connectivity index (χ3v) is 5.09. The number of hydrogen-bond acceptors (Lipinski definition) is 3. The number of fused-ring (bicyclic) bond motifs is 2. The third kappa shape index (κ3) is 1.95. The normalized spacial score (nSPS) is 28.2. The van der Waals surface area contributed by atoms with Gasteiger partial charge in [-0.05, 0) is 30.4 Å². The van der Waals surface area contributed by atoms with E-state index >= 15 is 0 Å². The number of aromatic amines is 1. The summed E-state index contributed by atoms with van der Waals surface area (Å²) in [7, 11) is 0. The van der Waals surface area contributed by atoms with Crippen LogP contribution in [0.4, 0.5) is 0 Å². The molecular formula is C16H20N4O. The van der Waals surface area contributed by atoms with Crippen molar-refractivity contribution in [1.29, 1.82) is 0 Å². The molecule has 0 radical (unpaired) electrons. The fraction of sp³-hybridized carbons (Fsp3) is 0.500. The van der Waals surface area contributed by atoms with Crippen molar-refractivity contribution in [3.63, 3.8) is 0 Å². The lowest BCUT2D eigenvalue weighted by atomic mass is 9.93. The maximum absolute atomic E-state index is 12.9. The van der Waals surface area contributed by atoms with Gasteiger partial charge in [0.2, 0.25) is 0 Å². The zero-order chi connectivity index (χ0) is 14.4. The number of nitrogens with zero attached hydrogens (tertiary/aromatic N) is 2. The van der Waals surface area contributed by atoms with Crippen LogP contribution in [0.2, 0.25) is 0 Å². The van der Waals surface area contributed by atoms with Gasteiger partial charge in [-0.2, -0.15) is 5.10 Å². The predicted molar refractivity (Wildman–Crippen MR) is 81.1 cm³/mol. The molecule has 0 aliphatic carbocycles. The summed E-state index contributed by atoms with van der Waals surface area (Å²) in [5.74, 6) is 1.40. The van der Waals surface area contributed by atoms with Crippen LogP contribution in [0.25, 0.3) is 10.9 Å². The van der Waals surface area contributed by atoms with E-state index in [1.165, 1.54) is 0 Å². The van der Waals surface area contributed by atoms with Crippen molar-refractivity contribution in [3.8, 4) is 0 Å². The lowest BCUT2D eigenvalue weighted by molar-refractivity contribution is 0.0712. The molecule has 3 heterocycles. The largest absolute Gasteiger partial charge is 0.335 e. The van der Waals surface area contributed by atoms with Crippen LogP contribution in [0.15, 0.2) is 24.4 Å². The standard InChI is InChI=1S/C16H20N4O/c1-2-15-13-8-17-6-12(13)9-20(15)16(21)10-3-4-11-7-18-19-14(11)5-10/h3-5,7,12-13,15,17H,2,6,8-9H2,1H3,(H,18,19). The van der Waals surface area contributed by atoms with Crippen LogP contribution in [0.5, 0.6) is 0 Å². The molecular weight excluding hydrogens is 264 g/mol. The molecule has 2 N–H and O–H groups in total. The first-order valence-corrected chi connectivity index (χ1v) is 7.72. The summed E-state index contributed by atoms with van der Waals surface area (Å²) in [5.41, 5.74) is 1.69. The Morgan fingerprint density at radius 3 is 3.19 bits per heavy atom. The van der Waals surface area contributed by atoms with Gasteiger partial charge in [0.15, 0.2) is 0 Å². The Labute approximate surface area is 123 Å². The number of amides is 1. The Kier molecular flexibility index (Phi) is 2.96. The van der Waals surface area contributed by atoms with Gasteiger partial charge in [0.05, 0.1) is 11.7 Å². The molecule has 0 spiro atoms. The molecule has 0 saturated carbocycles. The fourth-order valence-corrected chi connectivity index (χ4v) is 4.02. The molecule has 1 aromatic heterocycles. The summed E-state index contributed by atoms with van der Waals surface area (Å²) < 4.78 is 0. The molecule has 4 rings (SSSR count). The highest BCUT2D eigenvalue weighted by atomic mass is 16.2. The van der Waals surface area contributed by atoms with E-state index in [2.05, 4.69) is 27.3 Å². The van der Waals surface area contributed by atoms with Crippen LogP contribution in [-0.4, -0.2) is 46.7 Å². The lowest BCUT2D eigenvalue weighted by Gasteiger charge is -2.27. The lowest BCUT2D eigenvalue weighted by Crippen LogP contribution is -2.39. The maximum Gasteiger partial charge on any atom is 0.254 e. The van der Waals surface area contributed by atoms with Crippen molar-refractivity contribution >= 4 is 16.8 Å². The minimum Gasteiger partial charge on any atom is -0.335 e. The van der Waals surface area contributed by atoms with Gasteiger partial charge in [-0.1, -0.05) is 13.0 Å². The molecule has 2 aromatic rings. The van der Waals surface area contributed by atoms with Crippen molar-refractivity contribution in [2.75, 3.05) is 19.6 Å². The molecule has 1 aromatic carbocycles. The number of nitrogens with one attached hydrogen (secondary N) is 2. The molecule has 2 saturated heterocycles. The average molecular weight is 284 g/mol. The quantitative estimate of drug-likeness (QED) is 0.881. The molecule has 21 heavy (non-hydrogen) atoms. The Morgan fingerprint density at radius 1 is 1.43 bits per heavy atom. The summed E-state index contributed by atoms with van der Waals surface area (Å²) in [5, 5.41) is 11.5. The molecule has 2 aliphatic heterocycles. The highest BCUT2D eigenvalue weighted by Gasteiger charge is 2.45. The molecule has 5 nitrogen and oxygen atoms in total. The van der Waals surface area contributed by atoms with Gasteiger partial charge >= 0.3 is 0 Å². The van der Waals surface area contributed by atoms with E-state index in [-0.39, 0.29) is 5.91 Å². The molecule has 2 aliphatic rings. The second kappa shape index (κ2) is 4.84. The van der Waals surface area contributed by atoms with Crippen LogP contribution in [-0.2, 0) is 0 Å². The fourth-order valence-electron chi connectivity index (χ4n) is 4.02. The van der Waals surface area contributed by atoms with E-state index in [1.54, 1.807) is 6.20 Å². The van der Waals surface area contributed by atoms with E-state index in [0.717, 1.165) is 42.5 Å². The molecule has 0 bridgehead atoms. The second-order valence-electron chi connectivity index (χ2n) is 6.19. The Morgan fingerprint density at radius 2 is 2.33 bits per heavy atom. The van der Waals surface area contributed by atoms with Crippen molar-refractivity contribution in [3.05, 3.63) is 30.0 Å². The summed E-state index contributed by atoms with van der Waals surface area (Å²) in [6, 6.07) is 6.17.